The van der Waals surface area contributed by atoms with Crippen molar-refractivity contribution >= 4 is 6.79 Å². The molecule has 0 saturated heterocycles. The van der Waals surface area contributed by atoms with E-state index in [1.807, 2.05) is 49.3 Å². The molecule has 0 aliphatic rings. The molecular weight excluding hydrogens is 300 g/mol. The number of rotatable bonds is 4. The molecule has 3 aromatic carbocycles. The number of ether oxygens (including phenoxy) is 1. The molecule has 0 unspecified atom stereocenters. The second-order valence-electron chi connectivity index (χ2n) is 4.80. The monoisotopic (exact) mass is 322 g/mol. The van der Waals surface area contributed by atoms with Crippen LogP contribution in [0.4, 0.5) is 0 Å². The van der Waals surface area contributed by atoms with Gasteiger partial charge in [0.15, 0.2) is 0 Å². The maximum absolute atomic E-state index is 8.63. The van der Waals surface area contributed by atoms with Gasteiger partial charge in [-0.15, -0.1) is 0 Å². The minimum Gasteiger partial charge on any atom is -0.508 e. The van der Waals surface area contributed by atoms with E-state index in [1.54, 1.807) is 24.3 Å². The Hall–Kier alpha value is -2.91. The van der Waals surface area contributed by atoms with Gasteiger partial charge in [0.05, 0.1) is 13.2 Å². The number of aromatic hydroxyl groups is 1. The fourth-order valence-corrected chi connectivity index (χ4v) is 1.86. The van der Waals surface area contributed by atoms with Gasteiger partial charge in [-0.2, -0.15) is 0 Å². The third kappa shape index (κ3) is 8.51. The van der Waals surface area contributed by atoms with Crippen LogP contribution < -0.4 is 0 Å². The first kappa shape index (κ1) is 19.1. The quantitative estimate of drug-likeness (QED) is 0.763. The summed E-state index contributed by atoms with van der Waals surface area (Å²) < 4.78 is 5.61. The maximum Gasteiger partial charge on any atom is 0.115 e. The molecule has 0 fully saturated rings. The Morgan fingerprint density at radius 2 is 0.958 bits per heavy atom. The SMILES string of the molecule is C=O.Oc1ccccc1.c1ccc(COCc2ccccc2)cc1. The van der Waals surface area contributed by atoms with E-state index >= 15 is 0 Å². The predicted molar refractivity (Wildman–Crippen MR) is 96.6 cm³/mol. The summed E-state index contributed by atoms with van der Waals surface area (Å²) in [5.41, 5.74) is 2.43. The van der Waals surface area contributed by atoms with E-state index < -0.39 is 0 Å². The Kier molecular flexibility index (Phi) is 10.1. The Balaban J connectivity index is 0.000000268. The van der Waals surface area contributed by atoms with Gasteiger partial charge in [-0.1, -0.05) is 78.9 Å². The van der Waals surface area contributed by atoms with Crippen molar-refractivity contribution in [1.82, 2.24) is 0 Å². The van der Waals surface area contributed by atoms with Gasteiger partial charge in [0.25, 0.3) is 0 Å². The van der Waals surface area contributed by atoms with E-state index in [0.717, 1.165) is 0 Å². The van der Waals surface area contributed by atoms with Gasteiger partial charge < -0.3 is 14.6 Å². The van der Waals surface area contributed by atoms with Gasteiger partial charge in [-0.3, -0.25) is 0 Å². The lowest BCUT2D eigenvalue weighted by molar-refractivity contribution is -0.0979. The lowest BCUT2D eigenvalue weighted by Gasteiger charge is -2.03. The van der Waals surface area contributed by atoms with Crippen molar-refractivity contribution in [3.8, 4) is 5.75 Å². The molecule has 0 spiro atoms. The molecule has 0 heterocycles. The molecule has 0 aliphatic heterocycles. The topological polar surface area (TPSA) is 46.5 Å². The molecule has 0 aliphatic carbocycles. The number of hydrogen-bond donors (Lipinski definition) is 1. The average Bonchev–Trinajstić information content (AvgIpc) is 2.66. The lowest BCUT2D eigenvalue weighted by atomic mass is 10.2. The van der Waals surface area contributed by atoms with E-state index in [4.69, 9.17) is 14.6 Å². The van der Waals surface area contributed by atoms with Crippen LogP contribution in [0.5, 0.6) is 5.75 Å². The van der Waals surface area contributed by atoms with Crippen molar-refractivity contribution in [3.63, 3.8) is 0 Å². The second-order valence-corrected chi connectivity index (χ2v) is 4.80. The van der Waals surface area contributed by atoms with Crippen LogP contribution in [0.1, 0.15) is 11.1 Å². The zero-order valence-electron chi connectivity index (χ0n) is 13.5. The molecule has 3 rings (SSSR count). The number of benzene rings is 3. The van der Waals surface area contributed by atoms with E-state index in [0.29, 0.717) is 19.0 Å². The summed E-state index contributed by atoms with van der Waals surface area (Å²) in [7, 11) is 0. The number of carbonyl (C=O) groups is 1. The van der Waals surface area contributed by atoms with E-state index in [2.05, 4.69) is 24.3 Å². The highest BCUT2D eigenvalue weighted by Gasteiger charge is 1.93. The Bertz CT molecular complexity index is 600. The number of carbonyl (C=O) groups excluding carboxylic acids is 1. The molecular formula is C21H22O3. The van der Waals surface area contributed by atoms with Crippen molar-refractivity contribution in [3.05, 3.63) is 102 Å². The first-order valence-electron chi connectivity index (χ1n) is 7.53. The molecule has 3 heteroatoms. The van der Waals surface area contributed by atoms with Gasteiger partial charge in [-0.05, 0) is 23.3 Å². The van der Waals surface area contributed by atoms with Crippen molar-refractivity contribution in [2.75, 3.05) is 0 Å². The van der Waals surface area contributed by atoms with Gasteiger partial charge in [0.1, 0.15) is 12.5 Å². The van der Waals surface area contributed by atoms with Crippen LogP contribution in [-0.4, -0.2) is 11.9 Å². The normalized spacial score (nSPS) is 9.00. The largest absolute Gasteiger partial charge is 0.508 e. The summed E-state index contributed by atoms with van der Waals surface area (Å²) in [6.45, 7) is 3.35. The molecule has 124 valence electrons. The van der Waals surface area contributed by atoms with Crippen molar-refractivity contribution in [2.45, 2.75) is 13.2 Å². The first-order valence-corrected chi connectivity index (χ1v) is 7.53. The molecule has 0 atom stereocenters. The van der Waals surface area contributed by atoms with Gasteiger partial charge in [-0.25, -0.2) is 0 Å². The van der Waals surface area contributed by atoms with E-state index in [9.17, 15) is 0 Å². The van der Waals surface area contributed by atoms with Crippen LogP contribution in [0.15, 0.2) is 91.0 Å². The smallest absolute Gasteiger partial charge is 0.115 e. The third-order valence-electron chi connectivity index (χ3n) is 2.98. The number of hydrogen-bond acceptors (Lipinski definition) is 3. The summed E-state index contributed by atoms with van der Waals surface area (Å²) >= 11 is 0. The summed E-state index contributed by atoms with van der Waals surface area (Å²) in [5, 5.41) is 8.63. The zero-order chi connectivity index (χ0) is 17.5. The molecule has 0 saturated carbocycles. The number of phenolic OH excluding ortho intramolecular Hbond substituents is 1. The molecule has 0 radical (unpaired) electrons. The highest BCUT2D eigenvalue weighted by molar-refractivity contribution is 5.18. The second kappa shape index (κ2) is 12.6. The Morgan fingerprint density at radius 1 is 0.625 bits per heavy atom. The summed E-state index contributed by atoms with van der Waals surface area (Å²) in [6, 6.07) is 29.2. The summed E-state index contributed by atoms with van der Waals surface area (Å²) in [4.78, 5) is 8.00. The van der Waals surface area contributed by atoms with E-state index in [-0.39, 0.29) is 0 Å². The minimum atomic E-state index is 0.322. The average molecular weight is 322 g/mol. The summed E-state index contributed by atoms with van der Waals surface area (Å²) in [5.74, 6) is 0.322. The van der Waals surface area contributed by atoms with Crippen molar-refractivity contribution in [2.24, 2.45) is 0 Å². The molecule has 3 aromatic rings. The Morgan fingerprint density at radius 3 is 1.25 bits per heavy atom. The molecule has 0 aromatic heterocycles. The lowest BCUT2D eigenvalue weighted by Crippen LogP contribution is -1.93. The van der Waals surface area contributed by atoms with Gasteiger partial charge in [0, 0.05) is 0 Å². The maximum atomic E-state index is 8.63. The van der Waals surface area contributed by atoms with Crippen LogP contribution in [0.3, 0.4) is 0 Å². The van der Waals surface area contributed by atoms with Crippen LogP contribution in [0.25, 0.3) is 0 Å². The Labute approximate surface area is 143 Å². The van der Waals surface area contributed by atoms with Crippen molar-refractivity contribution in [1.29, 1.82) is 0 Å². The third-order valence-corrected chi connectivity index (χ3v) is 2.98. The number of para-hydroxylation sites is 1. The highest BCUT2D eigenvalue weighted by Crippen LogP contribution is 2.05. The number of phenols is 1. The zero-order valence-corrected chi connectivity index (χ0v) is 13.5. The first-order chi connectivity index (χ1) is 11.8. The van der Waals surface area contributed by atoms with Crippen molar-refractivity contribution < 1.29 is 14.6 Å². The van der Waals surface area contributed by atoms with Crippen LogP contribution in [-0.2, 0) is 22.7 Å². The highest BCUT2D eigenvalue weighted by atomic mass is 16.5. The standard InChI is InChI=1S/C14H14O.C6H6O.CH2O/c1-3-7-13(8-4-1)11-15-12-14-9-5-2-6-10-14;7-6-4-2-1-3-5-6;1-2/h1-10H,11-12H2;1-5,7H;1H2. The van der Waals surface area contributed by atoms with Crippen LogP contribution >= 0.6 is 0 Å². The minimum absolute atomic E-state index is 0.322. The fourth-order valence-electron chi connectivity index (χ4n) is 1.86. The molecule has 24 heavy (non-hydrogen) atoms. The van der Waals surface area contributed by atoms with Gasteiger partial charge >= 0.3 is 0 Å². The van der Waals surface area contributed by atoms with Crippen LogP contribution in [0, 0.1) is 0 Å². The fraction of sp³-hybridized carbons (Fsp3) is 0.0952. The van der Waals surface area contributed by atoms with Gasteiger partial charge in [0.2, 0.25) is 0 Å². The predicted octanol–water partition coefficient (Wildman–Crippen LogP) is 4.61. The van der Waals surface area contributed by atoms with E-state index in [1.165, 1.54) is 11.1 Å². The molecule has 0 bridgehead atoms. The molecule has 0 amide bonds. The molecule has 1 N–H and O–H groups in total. The van der Waals surface area contributed by atoms with Crippen LogP contribution in [0.2, 0.25) is 0 Å². The molecule has 3 nitrogen and oxygen atoms in total. The summed E-state index contributed by atoms with van der Waals surface area (Å²) in [6.07, 6.45) is 0.